The number of rotatable bonds is 7. The summed E-state index contributed by atoms with van der Waals surface area (Å²) < 4.78 is 7.18. The third kappa shape index (κ3) is 3.55. The van der Waals surface area contributed by atoms with E-state index >= 15 is 0 Å². The van der Waals surface area contributed by atoms with Gasteiger partial charge in [0.2, 0.25) is 0 Å². The molecule has 0 spiro atoms. The molecule has 2 rings (SSSR count). The second kappa shape index (κ2) is 7.81. The van der Waals surface area contributed by atoms with Crippen molar-refractivity contribution in [3.05, 3.63) is 39.7 Å². The highest BCUT2D eigenvalue weighted by molar-refractivity contribution is 5.95. The van der Waals surface area contributed by atoms with Crippen molar-refractivity contribution in [2.75, 3.05) is 7.11 Å². The minimum Gasteiger partial charge on any atom is -0.495 e. The van der Waals surface area contributed by atoms with E-state index in [-0.39, 0.29) is 11.1 Å². The van der Waals surface area contributed by atoms with Crippen molar-refractivity contribution in [1.29, 1.82) is 0 Å². The molecule has 124 valence electrons. The molecular formula is C18H24N2O3. The monoisotopic (exact) mass is 316 g/mol. The van der Waals surface area contributed by atoms with Gasteiger partial charge in [-0.15, -0.1) is 0 Å². The lowest BCUT2D eigenvalue weighted by molar-refractivity contribution is 0.321. The molecule has 0 atom stereocenters. The van der Waals surface area contributed by atoms with E-state index in [9.17, 15) is 4.79 Å². The molecule has 1 N–H and O–H groups in total. The molecule has 1 heterocycles. The lowest BCUT2D eigenvalue weighted by atomic mass is 10.1. The Morgan fingerprint density at radius 3 is 2.74 bits per heavy atom. The van der Waals surface area contributed by atoms with E-state index in [0.717, 1.165) is 48.4 Å². The number of hydrogen-bond donors (Lipinski definition) is 1. The van der Waals surface area contributed by atoms with Crippen LogP contribution < -0.4 is 10.3 Å². The van der Waals surface area contributed by atoms with Gasteiger partial charge in [0.25, 0.3) is 5.56 Å². The third-order valence-corrected chi connectivity index (χ3v) is 4.03. The average Bonchev–Trinajstić information content (AvgIpc) is 2.54. The van der Waals surface area contributed by atoms with Crippen LogP contribution in [0.5, 0.6) is 5.75 Å². The Morgan fingerprint density at radius 2 is 2.09 bits per heavy atom. The number of aryl methyl sites for hydroxylation is 2. The third-order valence-electron chi connectivity index (χ3n) is 4.03. The Morgan fingerprint density at radius 1 is 1.30 bits per heavy atom. The van der Waals surface area contributed by atoms with E-state index in [1.54, 1.807) is 4.57 Å². The molecule has 2 aromatic rings. The molecule has 0 saturated carbocycles. The van der Waals surface area contributed by atoms with Gasteiger partial charge in [0.15, 0.2) is 0 Å². The Labute approximate surface area is 136 Å². The van der Waals surface area contributed by atoms with Gasteiger partial charge in [-0.1, -0.05) is 43.0 Å². The number of ether oxygens (including phenoxy) is 1. The topological polar surface area (TPSA) is 63.8 Å². The van der Waals surface area contributed by atoms with Crippen LogP contribution in [-0.2, 0) is 6.54 Å². The van der Waals surface area contributed by atoms with E-state index in [1.807, 2.05) is 25.1 Å². The normalized spacial score (nSPS) is 11.4. The van der Waals surface area contributed by atoms with Crippen molar-refractivity contribution in [2.45, 2.75) is 46.1 Å². The van der Waals surface area contributed by atoms with Gasteiger partial charge >= 0.3 is 0 Å². The van der Waals surface area contributed by atoms with Crippen LogP contribution in [0.3, 0.4) is 0 Å². The van der Waals surface area contributed by atoms with Crippen molar-refractivity contribution in [1.82, 2.24) is 4.57 Å². The van der Waals surface area contributed by atoms with Gasteiger partial charge in [-0.25, -0.2) is 0 Å². The number of nitrogens with zero attached hydrogens (tertiary/aromatic N) is 2. The summed E-state index contributed by atoms with van der Waals surface area (Å²) >= 11 is 0. The predicted molar refractivity (Wildman–Crippen MR) is 93.0 cm³/mol. The van der Waals surface area contributed by atoms with Crippen LogP contribution in [0.15, 0.2) is 28.1 Å². The van der Waals surface area contributed by atoms with Crippen molar-refractivity contribution in [3.63, 3.8) is 0 Å². The van der Waals surface area contributed by atoms with Gasteiger partial charge in [0.05, 0.1) is 18.8 Å². The van der Waals surface area contributed by atoms with Gasteiger partial charge < -0.3 is 14.5 Å². The van der Waals surface area contributed by atoms with Gasteiger partial charge in [-0.2, -0.15) is 0 Å². The number of fused-ring (bicyclic) bond motifs is 1. The zero-order valence-corrected chi connectivity index (χ0v) is 14.0. The lowest BCUT2D eigenvalue weighted by Crippen LogP contribution is -2.25. The summed E-state index contributed by atoms with van der Waals surface area (Å²) in [5.41, 5.74) is 2.03. The average molecular weight is 316 g/mol. The van der Waals surface area contributed by atoms with Crippen LogP contribution in [0.25, 0.3) is 10.9 Å². The van der Waals surface area contributed by atoms with E-state index < -0.39 is 0 Å². The minimum atomic E-state index is -0.187. The van der Waals surface area contributed by atoms with E-state index in [2.05, 4.69) is 12.1 Å². The molecular weight excluding hydrogens is 292 g/mol. The molecule has 0 saturated heterocycles. The molecule has 1 aromatic heterocycles. The summed E-state index contributed by atoms with van der Waals surface area (Å²) in [5, 5.41) is 12.8. The lowest BCUT2D eigenvalue weighted by Gasteiger charge is -2.16. The number of unbranched alkanes of at least 4 members (excludes halogenated alkanes) is 3. The van der Waals surface area contributed by atoms with Crippen LogP contribution in [0.1, 0.15) is 43.7 Å². The van der Waals surface area contributed by atoms with Crippen LogP contribution >= 0.6 is 0 Å². The SMILES string of the molecule is CCCCCCn1c(=O)c(/C=N\O)c(OC)c2cc(C)ccc21. The molecule has 1 aromatic carbocycles. The summed E-state index contributed by atoms with van der Waals surface area (Å²) in [6.07, 6.45) is 5.50. The summed E-state index contributed by atoms with van der Waals surface area (Å²) in [6.45, 7) is 4.80. The first-order chi connectivity index (χ1) is 11.1. The highest BCUT2D eigenvalue weighted by atomic mass is 16.5. The van der Waals surface area contributed by atoms with Crippen molar-refractivity contribution < 1.29 is 9.94 Å². The first-order valence-corrected chi connectivity index (χ1v) is 8.02. The van der Waals surface area contributed by atoms with E-state index in [0.29, 0.717) is 12.3 Å². The summed E-state index contributed by atoms with van der Waals surface area (Å²) in [4.78, 5) is 12.8. The van der Waals surface area contributed by atoms with Crippen molar-refractivity contribution >= 4 is 17.1 Å². The fraction of sp³-hybridized carbons (Fsp3) is 0.444. The molecule has 0 aliphatic rings. The second-order valence-electron chi connectivity index (χ2n) is 5.73. The predicted octanol–water partition coefficient (Wildman–Crippen LogP) is 3.71. The van der Waals surface area contributed by atoms with Crippen LogP contribution in [0.2, 0.25) is 0 Å². The molecule has 0 fully saturated rings. The molecule has 0 unspecified atom stereocenters. The molecule has 0 radical (unpaired) electrons. The van der Waals surface area contributed by atoms with Gasteiger partial charge in [0, 0.05) is 11.9 Å². The summed E-state index contributed by atoms with van der Waals surface area (Å²) in [6, 6.07) is 5.93. The molecule has 0 aliphatic carbocycles. The maximum Gasteiger partial charge on any atom is 0.263 e. The quantitative estimate of drug-likeness (QED) is 0.366. The fourth-order valence-electron chi connectivity index (χ4n) is 2.87. The number of benzene rings is 1. The zero-order valence-electron chi connectivity index (χ0n) is 14.0. The molecule has 5 nitrogen and oxygen atoms in total. The van der Waals surface area contributed by atoms with Gasteiger partial charge in [-0.3, -0.25) is 4.79 Å². The number of aromatic nitrogens is 1. The summed E-state index contributed by atoms with van der Waals surface area (Å²) in [5.74, 6) is 0.455. The molecule has 0 amide bonds. The molecule has 5 heteroatoms. The van der Waals surface area contributed by atoms with Crippen LogP contribution in [0.4, 0.5) is 0 Å². The number of methoxy groups -OCH3 is 1. The number of pyridine rings is 1. The standard InChI is InChI=1S/C18H24N2O3/c1-4-5-6-7-10-20-16-9-8-13(2)11-14(16)17(23-3)15(12-19-22)18(20)21/h8-9,11-12,22H,4-7,10H2,1-3H3/b19-12-. The van der Waals surface area contributed by atoms with E-state index in [4.69, 9.17) is 9.94 Å². The Balaban J connectivity index is 2.64. The first kappa shape index (κ1) is 17.1. The Kier molecular flexibility index (Phi) is 5.79. The molecule has 0 aliphatic heterocycles. The largest absolute Gasteiger partial charge is 0.495 e. The zero-order chi connectivity index (χ0) is 16.8. The first-order valence-electron chi connectivity index (χ1n) is 8.02. The Bertz CT molecular complexity index is 763. The maximum atomic E-state index is 12.8. The van der Waals surface area contributed by atoms with E-state index in [1.165, 1.54) is 7.11 Å². The maximum absolute atomic E-state index is 12.8. The smallest absolute Gasteiger partial charge is 0.263 e. The van der Waals surface area contributed by atoms with Gasteiger partial charge in [0.1, 0.15) is 11.3 Å². The molecule has 23 heavy (non-hydrogen) atoms. The highest BCUT2D eigenvalue weighted by Gasteiger charge is 2.16. The van der Waals surface area contributed by atoms with Gasteiger partial charge in [-0.05, 0) is 25.5 Å². The fourth-order valence-corrected chi connectivity index (χ4v) is 2.87. The second-order valence-corrected chi connectivity index (χ2v) is 5.73. The summed E-state index contributed by atoms with van der Waals surface area (Å²) in [7, 11) is 1.52. The van der Waals surface area contributed by atoms with Crippen LogP contribution in [-0.4, -0.2) is 23.1 Å². The number of oxime groups is 1. The molecule has 0 bridgehead atoms. The van der Waals surface area contributed by atoms with Crippen LogP contribution in [0, 0.1) is 6.92 Å². The number of hydrogen-bond acceptors (Lipinski definition) is 4. The minimum absolute atomic E-state index is 0.187. The van der Waals surface area contributed by atoms with Crippen molar-refractivity contribution in [2.24, 2.45) is 5.16 Å². The Hall–Kier alpha value is -2.30. The highest BCUT2D eigenvalue weighted by Crippen LogP contribution is 2.28. The van der Waals surface area contributed by atoms with Crippen molar-refractivity contribution in [3.8, 4) is 5.75 Å².